The van der Waals surface area contributed by atoms with Crippen molar-refractivity contribution < 1.29 is 17.9 Å². The first kappa shape index (κ1) is 22.1. The van der Waals surface area contributed by atoms with Gasteiger partial charge in [-0.2, -0.15) is 4.31 Å². The lowest BCUT2D eigenvalue weighted by molar-refractivity contribution is -0.129. The number of carbonyl (C=O) groups is 1. The molecule has 0 saturated carbocycles. The highest BCUT2D eigenvalue weighted by Gasteiger charge is 2.36. The molecular formula is C18H28ClN3O4S. The minimum absolute atomic E-state index is 0. The Morgan fingerprint density at radius 2 is 2.00 bits per heavy atom. The van der Waals surface area contributed by atoms with Crippen LogP contribution in [0.25, 0.3) is 0 Å². The largest absolute Gasteiger partial charge is 0.364 e. The molecule has 1 aromatic rings. The first-order valence-corrected chi connectivity index (χ1v) is 10.7. The van der Waals surface area contributed by atoms with Crippen LogP contribution in [0.3, 0.4) is 0 Å². The van der Waals surface area contributed by atoms with Crippen LogP contribution in [0.2, 0.25) is 0 Å². The molecule has 2 aliphatic rings. The summed E-state index contributed by atoms with van der Waals surface area (Å²) in [5.74, 6) is -0.0564. The third-order valence-corrected chi connectivity index (χ3v) is 7.25. The lowest BCUT2D eigenvalue weighted by atomic mass is 10.1. The van der Waals surface area contributed by atoms with Crippen molar-refractivity contribution in [2.75, 3.05) is 31.1 Å². The zero-order chi connectivity index (χ0) is 18.9. The van der Waals surface area contributed by atoms with Crippen LogP contribution in [0.15, 0.2) is 23.1 Å². The number of benzene rings is 1. The number of rotatable bonds is 6. The van der Waals surface area contributed by atoms with Gasteiger partial charge in [0, 0.05) is 31.9 Å². The maximum Gasteiger partial charge on any atom is 0.256 e. The van der Waals surface area contributed by atoms with Gasteiger partial charge in [-0.15, -0.1) is 12.4 Å². The van der Waals surface area contributed by atoms with E-state index < -0.39 is 16.1 Å². The Labute approximate surface area is 167 Å². The van der Waals surface area contributed by atoms with Gasteiger partial charge in [0.05, 0.1) is 11.0 Å². The van der Waals surface area contributed by atoms with E-state index in [1.54, 1.807) is 23.1 Å². The summed E-state index contributed by atoms with van der Waals surface area (Å²) in [7, 11) is -3.50. The van der Waals surface area contributed by atoms with Gasteiger partial charge in [-0.3, -0.25) is 4.79 Å². The van der Waals surface area contributed by atoms with Gasteiger partial charge in [-0.1, -0.05) is 13.8 Å². The van der Waals surface area contributed by atoms with Gasteiger partial charge in [0.1, 0.15) is 6.10 Å². The molecule has 1 fully saturated rings. The fraction of sp³-hybridized carbons (Fsp3) is 0.611. The topological polar surface area (TPSA) is 92.9 Å². The molecule has 0 spiro atoms. The van der Waals surface area contributed by atoms with Crippen LogP contribution >= 0.6 is 12.4 Å². The minimum atomic E-state index is -3.50. The molecule has 2 N–H and O–H groups in total. The van der Waals surface area contributed by atoms with Crippen molar-refractivity contribution in [1.29, 1.82) is 0 Å². The second-order valence-electron chi connectivity index (χ2n) is 6.68. The summed E-state index contributed by atoms with van der Waals surface area (Å²) in [6, 6.07) is 5.04. The Balaban J connectivity index is 0.00000261. The average molecular weight is 418 g/mol. The number of halogens is 1. The van der Waals surface area contributed by atoms with Crippen LogP contribution in [0, 0.1) is 0 Å². The maximum absolute atomic E-state index is 12.8. The Hall–Kier alpha value is -1.19. The number of nitrogens with zero attached hydrogens (tertiary/aromatic N) is 2. The van der Waals surface area contributed by atoms with E-state index in [-0.39, 0.29) is 29.3 Å². The number of hydrogen-bond acceptors (Lipinski definition) is 5. The van der Waals surface area contributed by atoms with Gasteiger partial charge in [0.15, 0.2) is 0 Å². The Morgan fingerprint density at radius 1 is 1.30 bits per heavy atom. The summed E-state index contributed by atoms with van der Waals surface area (Å²) in [5.41, 5.74) is 7.29. The molecule has 0 unspecified atom stereocenters. The molecular weight excluding hydrogens is 390 g/mol. The molecule has 7 nitrogen and oxygen atoms in total. The van der Waals surface area contributed by atoms with Gasteiger partial charge in [0.2, 0.25) is 10.0 Å². The van der Waals surface area contributed by atoms with Gasteiger partial charge in [-0.25, -0.2) is 8.42 Å². The van der Waals surface area contributed by atoms with Crippen LogP contribution < -0.4 is 10.6 Å². The summed E-state index contributed by atoms with van der Waals surface area (Å²) < 4.78 is 32.6. The number of anilines is 1. The molecule has 3 rings (SSSR count). The second-order valence-corrected chi connectivity index (χ2v) is 8.62. The Kier molecular flexibility index (Phi) is 7.27. The highest BCUT2D eigenvalue weighted by Crippen LogP contribution is 2.33. The van der Waals surface area contributed by atoms with Crippen LogP contribution in [0.5, 0.6) is 0 Å². The molecule has 152 valence electrons. The van der Waals surface area contributed by atoms with Crippen LogP contribution in [-0.2, 0) is 26.0 Å². The summed E-state index contributed by atoms with van der Waals surface area (Å²) in [6.45, 7) is 5.49. The van der Waals surface area contributed by atoms with E-state index in [0.29, 0.717) is 39.0 Å². The zero-order valence-electron chi connectivity index (χ0n) is 15.8. The maximum atomic E-state index is 12.8. The molecule has 2 aliphatic heterocycles. The number of carbonyl (C=O) groups excluding carboxylic acids is 1. The van der Waals surface area contributed by atoms with Crippen molar-refractivity contribution in [3.8, 4) is 0 Å². The molecule has 27 heavy (non-hydrogen) atoms. The van der Waals surface area contributed by atoms with E-state index in [2.05, 4.69) is 0 Å². The SMILES string of the molecule is CCN(CC)S(=O)(=O)c1ccc2c(c1)CCN2C(=O)[C@@H]1CC[C@H](CN)O1.Cl. The van der Waals surface area contributed by atoms with E-state index in [1.165, 1.54) is 4.31 Å². The second kappa shape index (κ2) is 8.87. The smallest absolute Gasteiger partial charge is 0.256 e. The quantitative estimate of drug-likeness (QED) is 0.757. The van der Waals surface area contributed by atoms with E-state index in [9.17, 15) is 13.2 Å². The molecule has 2 heterocycles. The van der Waals surface area contributed by atoms with Crippen LogP contribution in [0.4, 0.5) is 5.69 Å². The molecule has 0 aliphatic carbocycles. The van der Waals surface area contributed by atoms with Crippen molar-refractivity contribution in [2.24, 2.45) is 5.73 Å². The molecule has 0 aromatic heterocycles. The van der Waals surface area contributed by atoms with Crippen molar-refractivity contribution in [3.05, 3.63) is 23.8 Å². The van der Waals surface area contributed by atoms with Gasteiger partial charge in [-0.05, 0) is 43.0 Å². The van der Waals surface area contributed by atoms with Crippen molar-refractivity contribution in [2.45, 2.75) is 50.2 Å². The minimum Gasteiger partial charge on any atom is -0.364 e. The molecule has 2 atom stereocenters. The lowest BCUT2D eigenvalue weighted by Gasteiger charge is -2.22. The third-order valence-electron chi connectivity index (χ3n) is 5.20. The zero-order valence-corrected chi connectivity index (χ0v) is 17.4. The fourth-order valence-electron chi connectivity index (χ4n) is 3.71. The summed E-state index contributed by atoms with van der Waals surface area (Å²) in [4.78, 5) is 14.8. The third kappa shape index (κ3) is 4.14. The molecule has 0 bridgehead atoms. The number of sulfonamides is 1. The number of fused-ring (bicyclic) bond motifs is 1. The number of nitrogens with two attached hydrogens (primary N) is 1. The number of ether oxygens (including phenoxy) is 1. The summed E-state index contributed by atoms with van der Waals surface area (Å²) >= 11 is 0. The monoisotopic (exact) mass is 417 g/mol. The predicted molar refractivity (Wildman–Crippen MR) is 107 cm³/mol. The van der Waals surface area contributed by atoms with Gasteiger partial charge in [0.25, 0.3) is 5.91 Å². The predicted octanol–water partition coefficient (Wildman–Crippen LogP) is 1.53. The van der Waals surface area contributed by atoms with Crippen molar-refractivity contribution in [1.82, 2.24) is 4.31 Å². The fourth-order valence-corrected chi connectivity index (χ4v) is 5.22. The van der Waals surface area contributed by atoms with Gasteiger partial charge < -0.3 is 15.4 Å². The first-order valence-electron chi connectivity index (χ1n) is 9.22. The Bertz CT molecular complexity index is 783. The van der Waals surface area contributed by atoms with E-state index in [0.717, 1.165) is 17.7 Å². The Morgan fingerprint density at radius 3 is 2.59 bits per heavy atom. The van der Waals surface area contributed by atoms with E-state index in [4.69, 9.17) is 10.5 Å². The molecule has 1 saturated heterocycles. The van der Waals surface area contributed by atoms with E-state index >= 15 is 0 Å². The molecule has 9 heteroatoms. The van der Waals surface area contributed by atoms with Crippen molar-refractivity contribution in [3.63, 3.8) is 0 Å². The van der Waals surface area contributed by atoms with Crippen LogP contribution in [-0.4, -0.2) is 57.0 Å². The summed E-state index contributed by atoms with van der Waals surface area (Å²) in [6.07, 6.45) is 1.63. The van der Waals surface area contributed by atoms with Crippen LogP contribution in [0.1, 0.15) is 32.3 Å². The first-order chi connectivity index (χ1) is 12.4. The normalized spacial score (nSPS) is 22.0. The lowest BCUT2D eigenvalue weighted by Crippen LogP contribution is -2.38. The highest BCUT2D eigenvalue weighted by molar-refractivity contribution is 7.89. The highest BCUT2D eigenvalue weighted by atomic mass is 35.5. The van der Waals surface area contributed by atoms with Crippen molar-refractivity contribution >= 4 is 34.0 Å². The number of amides is 1. The summed E-state index contributed by atoms with van der Waals surface area (Å²) in [5, 5.41) is 0. The number of hydrogen-bond donors (Lipinski definition) is 1. The molecule has 0 radical (unpaired) electrons. The van der Waals surface area contributed by atoms with E-state index in [1.807, 2.05) is 13.8 Å². The average Bonchev–Trinajstić information content (AvgIpc) is 3.28. The molecule has 1 aromatic carbocycles. The van der Waals surface area contributed by atoms with Gasteiger partial charge >= 0.3 is 0 Å². The standard InChI is InChI=1S/C18H27N3O4S.ClH/c1-3-20(4-2)26(23,24)15-6-7-16-13(11-15)9-10-21(16)18(22)17-8-5-14(12-19)25-17;/h6-7,11,14,17H,3-5,8-10,12,19H2,1-2H3;1H/t14-,17+;/m1./s1. The molecule has 1 amide bonds.